The number of benzene rings is 3. The quantitative estimate of drug-likeness (QED) is 0.0599. The second kappa shape index (κ2) is 18.8. The molecule has 17 nitrogen and oxygen atoms in total. The molecule has 5 aliphatic rings. The molecule has 1 aliphatic carbocycles. The van der Waals surface area contributed by atoms with Gasteiger partial charge in [-0.2, -0.15) is 0 Å². The number of amides is 1. The second-order valence-corrected chi connectivity index (χ2v) is 19.4. The number of phenolic OH excluding ortho intramolecular Hbond substituents is 3. The van der Waals surface area contributed by atoms with Gasteiger partial charge in [-0.05, 0) is 38.7 Å². The molecule has 2 fully saturated rings. The number of anilines is 4. The van der Waals surface area contributed by atoms with Gasteiger partial charge in [0.1, 0.15) is 34.7 Å². The minimum absolute atomic E-state index is 0.0256. The minimum Gasteiger partial charge on any atom is -0.507 e. The van der Waals surface area contributed by atoms with Crippen molar-refractivity contribution in [1.82, 2.24) is 4.90 Å². The van der Waals surface area contributed by atoms with Crippen molar-refractivity contribution in [2.75, 3.05) is 55.4 Å². The van der Waals surface area contributed by atoms with Crippen LogP contribution in [0.15, 0.2) is 48.3 Å². The van der Waals surface area contributed by atoms with Gasteiger partial charge in [0.15, 0.2) is 17.2 Å². The van der Waals surface area contributed by atoms with Crippen molar-refractivity contribution in [3.63, 3.8) is 0 Å². The third-order valence-electron chi connectivity index (χ3n) is 14.5. The highest BCUT2D eigenvalue weighted by Crippen LogP contribution is 2.61. The van der Waals surface area contributed by atoms with Crippen LogP contribution in [-0.2, 0) is 23.8 Å². The number of hydrogen-bond acceptors (Lipinski definition) is 16. The molecule has 366 valence electrons. The average molecular weight is 941 g/mol. The van der Waals surface area contributed by atoms with E-state index in [1.165, 1.54) is 59.1 Å². The molecule has 3 aromatic carbocycles. The number of phenols is 3. The van der Waals surface area contributed by atoms with Crippen molar-refractivity contribution in [2.24, 2.45) is 29.6 Å². The average Bonchev–Trinajstić information content (AvgIpc) is 4.09. The third kappa shape index (κ3) is 8.92. The van der Waals surface area contributed by atoms with E-state index in [9.17, 15) is 39.9 Å². The second-order valence-electron chi connectivity index (χ2n) is 19.4. The molecule has 7 N–H and O–H groups in total. The third-order valence-corrected chi connectivity index (χ3v) is 14.5. The largest absolute Gasteiger partial charge is 0.507 e. The predicted octanol–water partition coefficient (Wildman–Crippen LogP) is 7.14. The number of esters is 1. The summed E-state index contributed by atoms with van der Waals surface area (Å²) in [6.45, 7) is 16.9. The Balaban J connectivity index is 1.25. The molecule has 8 rings (SSSR count). The van der Waals surface area contributed by atoms with Crippen LogP contribution in [0.2, 0.25) is 0 Å². The first-order chi connectivity index (χ1) is 32.2. The van der Waals surface area contributed by atoms with Gasteiger partial charge < -0.3 is 64.8 Å². The Morgan fingerprint density at radius 1 is 0.868 bits per heavy atom. The van der Waals surface area contributed by atoms with Crippen LogP contribution >= 0.6 is 0 Å². The van der Waals surface area contributed by atoms with Gasteiger partial charge in [0.25, 0.3) is 11.7 Å². The lowest BCUT2D eigenvalue weighted by Gasteiger charge is -2.38. The van der Waals surface area contributed by atoms with Crippen LogP contribution in [0, 0.1) is 36.5 Å². The molecule has 4 aliphatic heterocycles. The number of fused-ring (bicyclic) bond motifs is 2. The molecule has 68 heavy (non-hydrogen) atoms. The summed E-state index contributed by atoms with van der Waals surface area (Å²) in [7, 11) is 1.45. The van der Waals surface area contributed by atoms with Gasteiger partial charge in [-0.15, -0.1) is 0 Å². The number of nitrogens with zero attached hydrogens (tertiary/aromatic N) is 2. The Morgan fingerprint density at radius 2 is 1.57 bits per heavy atom. The lowest BCUT2D eigenvalue weighted by Crippen LogP contribution is -2.47. The van der Waals surface area contributed by atoms with Crippen molar-refractivity contribution < 1.29 is 63.6 Å². The summed E-state index contributed by atoms with van der Waals surface area (Å²) in [4.78, 5) is 46.0. The Hall–Kier alpha value is -6.01. The molecule has 1 saturated carbocycles. The van der Waals surface area contributed by atoms with E-state index < -0.39 is 83.0 Å². The van der Waals surface area contributed by atoms with Crippen molar-refractivity contribution in [3.8, 4) is 34.5 Å². The molecular weight excluding hydrogens is 877 g/mol. The van der Waals surface area contributed by atoms with Crippen molar-refractivity contribution in [1.29, 1.82) is 0 Å². The molecule has 17 heteroatoms. The summed E-state index contributed by atoms with van der Waals surface area (Å²) in [5.41, 5.74) is 0.851. The Morgan fingerprint density at radius 3 is 2.24 bits per heavy atom. The Labute approximate surface area is 395 Å². The van der Waals surface area contributed by atoms with Gasteiger partial charge in [0, 0.05) is 112 Å². The number of carbonyl (C=O) groups is 3. The zero-order valence-corrected chi connectivity index (χ0v) is 40.1. The van der Waals surface area contributed by atoms with E-state index in [0.29, 0.717) is 5.69 Å². The topological polar surface area (TPSA) is 229 Å². The minimum atomic E-state index is -2.04. The Kier molecular flexibility index (Phi) is 13.4. The molecule has 1 saturated heterocycles. The number of aliphatic hydroxyl groups is 2. The monoisotopic (exact) mass is 940 g/mol. The van der Waals surface area contributed by atoms with Gasteiger partial charge in [0.05, 0.1) is 41.2 Å². The van der Waals surface area contributed by atoms with Crippen molar-refractivity contribution in [2.45, 2.75) is 98.4 Å². The maximum atomic E-state index is 14.9. The van der Waals surface area contributed by atoms with Crippen molar-refractivity contribution in [3.05, 3.63) is 59.4 Å². The maximum absolute atomic E-state index is 14.9. The van der Waals surface area contributed by atoms with Crippen LogP contribution in [0.3, 0.4) is 0 Å². The highest BCUT2D eigenvalue weighted by atomic mass is 16.7. The lowest BCUT2D eigenvalue weighted by atomic mass is 9.78. The molecule has 0 spiro atoms. The number of rotatable bonds is 5. The number of ketones is 1. The number of methoxy groups -OCH3 is 1. The fourth-order valence-electron chi connectivity index (χ4n) is 10.0. The first-order valence-electron chi connectivity index (χ1n) is 23.4. The van der Waals surface area contributed by atoms with Crippen LogP contribution < -0.4 is 25.0 Å². The first kappa shape index (κ1) is 48.4. The summed E-state index contributed by atoms with van der Waals surface area (Å²) < 4.78 is 30.6. The van der Waals surface area contributed by atoms with Gasteiger partial charge in [0.2, 0.25) is 0 Å². The van der Waals surface area contributed by atoms with Gasteiger partial charge in [-0.3, -0.25) is 19.3 Å². The number of allylic oxidation sites excluding steroid dienone is 2. The maximum Gasteiger partial charge on any atom is 0.312 e. The number of carbonyl (C=O) groups excluding carboxylic acids is 3. The summed E-state index contributed by atoms with van der Waals surface area (Å²) in [5, 5.41) is 64.7. The summed E-state index contributed by atoms with van der Waals surface area (Å²) in [5.74, 6) is -6.93. The van der Waals surface area contributed by atoms with Gasteiger partial charge >= 0.3 is 11.8 Å². The first-order valence-corrected chi connectivity index (χ1v) is 23.4. The molecule has 0 unspecified atom stereocenters. The smallest absolute Gasteiger partial charge is 0.312 e. The number of piperazine rings is 1. The van der Waals surface area contributed by atoms with Crippen LogP contribution in [0.1, 0.15) is 77.2 Å². The SMILES string of the molecule is CO[C@H]1/C=C/O[C@@]2(C)Oc3c(C)c(O)c4c(O)c(c5c(c4c3C2=O)Nc2c(O)cc(N3CCN(CC4CC4)CC3)cc2O5)NC(=O)/C(C)=C\C=C\[C@H](C)[C@H](O)[C@@H](C)[C@@H](O)[C@@H](C)[C@H](OC(C)=O)[C@@H]1C. The van der Waals surface area contributed by atoms with Crippen LogP contribution in [0.25, 0.3) is 10.8 Å². The summed E-state index contributed by atoms with van der Waals surface area (Å²) in [6.07, 6.45) is 6.20. The van der Waals surface area contributed by atoms with E-state index in [1.54, 1.807) is 58.9 Å². The lowest BCUT2D eigenvalue weighted by molar-refractivity contribution is -0.160. The normalized spacial score (nSPS) is 30.8. The molecule has 3 aromatic rings. The van der Waals surface area contributed by atoms with Crippen molar-refractivity contribution >= 4 is 51.2 Å². The molecule has 1 amide bonds. The van der Waals surface area contributed by atoms with E-state index in [2.05, 4.69) is 20.4 Å². The van der Waals surface area contributed by atoms with E-state index >= 15 is 0 Å². The molecule has 0 radical (unpaired) electrons. The molecule has 9 atom stereocenters. The van der Waals surface area contributed by atoms with E-state index in [0.717, 1.165) is 38.6 Å². The number of nitrogens with one attached hydrogen (secondary N) is 2. The van der Waals surface area contributed by atoms with Crippen LogP contribution in [-0.4, -0.2) is 118 Å². The van der Waals surface area contributed by atoms with Gasteiger partial charge in [-0.1, -0.05) is 45.9 Å². The standard InChI is InChI=1S/C51H64N4O13/c1-24-11-10-12-25(2)50(63)53-41-45(61)37-36(40-48(41)67-35-22-32(21-33(57)39(35)52-40)55-18-16-54(17-19-55)23-31-13-14-31)38-47(29(6)44(37)60)68-51(8,49(38)62)65-20-15-34(64-9)26(3)46(66-30(7)56)28(5)43(59)27(4)42(24)58/h10-12,15,20-22,24,26-28,31,34,42-43,46,52,57-61H,13-14,16-19,23H2,1-9H3,(H,53,63)/b11-10+,20-15+,25-12-/t24-,26+,27+,28+,34-,42-,43+,46+,51-/m0/s1. The predicted molar refractivity (Wildman–Crippen MR) is 255 cm³/mol. The van der Waals surface area contributed by atoms with E-state index in [-0.39, 0.29) is 67.5 Å². The van der Waals surface area contributed by atoms with Gasteiger partial charge in [-0.25, -0.2) is 0 Å². The number of aromatic hydroxyl groups is 3. The van der Waals surface area contributed by atoms with Crippen LogP contribution in [0.5, 0.6) is 34.5 Å². The zero-order chi connectivity index (χ0) is 49.1. The number of Topliss-reactive ketones (excluding diaryl/α,β-unsaturated/α-hetero) is 1. The fourth-order valence-corrected chi connectivity index (χ4v) is 10.0. The zero-order valence-electron chi connectivity index (χ0n) is 40.1. The van der Waals surface area contributed by atoms with E-state index in [4.69, 9.17) is 23.7 Å². The number of aliphatic hydroxyl groups excluding tert-OH is 2. The highest BCUT2D eigenvalue weighted by molar-refractivity contribution is 6.25. The molecular formula is C51H64N4O13. The molecule has 4 bridgehead atoms. The summed E-state index contributed by atoms with van der Waals surface area (Å²) >= 11 is 0. The highest BCUT2D eigenvalue weighted by Gasteiger charge is 2.50. The molecule has 0 aromatic heterocycles. The van der Waals surface area contributed by atoms with E-state index in [1.807, 2.05) is 0 Å². The fraction of sp³-hybridized carbons (Fsp3) is 0.510. The number of ether oxygens (including phenoxy) is 5. The number of hydrogen-bond donors (Lipinski definition) is 7. The Bertz CT molecular complexity index is 2600. The molecule has 4 heterocycles. The summed E-state index contributed by atoms with van der Waals surface area (Å²) in [6, 6.07) is 3.40. The van der Waals surface area contributed by atoms with Crippen LogP contribution in [0.4, 0.5) is 22.7 Å².